The third kappa shape index (κ3) is 3.00. The van der Waals surface area contributed by atoms with Crippen molar-refractivity contribution in [1.29, 1.82) is 0 Å². The first-order chi connectivity index (χ1) is 14.8. The van der Waals surface area contributed by atoms with E-state index in [1.165, 1.54) is 40.7 Å². The Morgan fingerprint density at radius 3 is 2.60 bits per heavy atom. The van der Waals surface area contributed by atoms with Gasteiger partial charge < -0.3 is 20.1 Å². The molecule has 1 unspecified atom stereocenters. The van der Waals surface area contributed by atoms with E-state index in [2.05, 4.69) is 35.2 Å². The Labute approximate surface area is 176 Å². The lowest BCUT2D eigenvalue weighted by Gasteiger charge is -2.28. The molecule has 154 valence electrons. The molecular formula is C25H27N3O2. The fraction of sp³-hybridized carbons (Fsp3) is 0.400. The Morgan fingerprint density at radius 2 is 1.73 bits per heavy atom. The first-order valence-corrected chi connectivity index (χ1v) is 11.1. The highest BCUT2D eigenvalue weighted by atomic mass is 16.6. The lowest BCUT2D eigenvalue weighted by atomic mass is 9.91. The largest absolute Gasteiger partial charge is 0.486 e. The van der Waals surface area contributed by atoms with Gasteiger partial charge in [0.2, 0.25) is 0 Å². The van der Waals surface area contributed by atoms with Gasteiger partial charge in [0, 0.05) is 30.2 Å². The Morgan fingerprint density at radius 1 is 0.933 bits per heavy atom. The molecule has 0 spiro atoms. The molecule has 3 heterocycles. The molecule has 1 saturated heterocycles. The predicted molar refractivity (Wildman–Crippen MR) is 120 cm³/mol. The molecule has 5 nitrogen and oxygen atoms in total. The molecule has 0 saturated carbocycles. The van der Waals surface area contributed by atoms with Crippen LogP contribution in [-0.2, 0) is 12.8 Å². The summed E-state index contributed by atoms with van der Waals surface area (Å²) in [5.74, 6) is 1.65. The van der Waals surface area contributed by atoms with Crippen LogP contribution in [0.3, 0.4) is 0 Å². The lowest BCUT2D eigenvalue weighted by Crippen LogP contribution is -2.28. The van der Waals surface area contributed by atoms with Gasteiger partial charge in [-0.05, 0) is 73.1 Å². The van der Waals surface area contributed by atoms with Crippen LogP contribution < -0.4 is 20.1 Å². The van der Waals surface area contributed by atoms with E-state index in [9.17, 15) is 0 Å². The molecule has 3 aliphatic rings. The zero-order chi connectivity index (χ0) is 20.1. The third-order valence-corrected chi connectivity index (χ3v) is 6.65. The predicted octanol–water partition coefficient (Wildman–Crippen LogP) is 4.09. The summed E-state index contributed by atoms with van der Waals surface area (Å²) in [6, 6.07) is 13.1. The summed E-state index contributed by atoms with van der Waals surface area (Å²) in [4.78, 5) is 7.58. The first-order valence-electron chi connectivity index (χ1n) is 11.1. The van der Waals surface area contributed by atoms with E-state index in [1.807, 2.05) is 6.07 Å². The second-order valence-corrected chi connectivity index (χ2v) is 8.68. The number of nitrogens with two attached hydrogens (primary N) is 1. The number of aromatic nitrogens is 1. The first kappa shape index (κ1) is 18.0. The Kier molecular flexibility index (Phi) is 4.30. The van der Waals surface area contributed by atoms with E-state index in [1.54, 1.807) is 0 Å². The molecule has 2 N–H and O–H groups in total. The van der Waals surface area contributed by atoms with Gasteiger partial charge in [0.25, 0.3) is 0 Å². The van der Waals surface area contributed by atoms with Crippen LogP contribution in [0.4, 0.5) is 5.69 Å². The summed E-state index contributed by atoms with van der Waals surface area (Å²) in [7, 11) is 0. The van der Waals surface area contributed by atoms with Gasteiger partial charge >= 0.3 is 0 Å². The summed E-state index contributed by atoms with van der Waals surface area (Å²) >= 11 is 0. The molecule has 2 aliphatic heterocycles. The van der Waals surface area contributed by atoms with Crippen LogP contribution in [0.15, 0.2) is 36.4 Å². The van der Waals surface area contributed by atoms with Gasteiger partial charge in [-0.3, -0.25) is 4.98 Å². The molecule has 1 aliphatic carbocycles. The molecule has 2 aromatic carbocycles. The van der Waals surface area contributed by atoms with Crippen LogP contribution in [0, 0.1) is 0 Å². The molecule has 5 heteroatoms. The number of ether oxygens (including phenoxy) is 2. The van der Waals surface area contributed by atoms with E-state index in [-0.39, 0.29) is 6.04 Å². The maximum absolute atomic E-state index is 6.29. The molecular weight excluding hydrogens is 374 g/mol. The summed E-state index contributed by atoms with van der Waals surface area (Å²) in [6.07, 6.45) is 5.74. The van der Waals surface area contributed by atoms with Crippen LogP contribution in [0.25, 0.3) is 22.0 Å². The average molecular weight is 402 g/mol. The van der Waals surface area contributed by atoms with Crippen molar-refractivity contribution in [3.05, 3.63) is 47.7 Å². The molecule has 0 amide bonds. The van der Waals surface area contributed by atoms with Crippen LogP contribution in [0.1, 0.15) is 30.5 Å². The normalized spacial score (nSPS) is 20.4. The van der Waals surface area contributed by atoms with Crippen molar-refractivity contribution in [3.63, 3.8) is 0 Å². The van der Waals surface area contributed by atoms with Crippen LogP contribution >= 0.6 is 0 Å². The zero-order valence-electron chi connectivity index (χ0n) is 17.2. The molecule has 0 bridgehead atoms. The number of hydrogen-bond donors (Lipinski definition) is 1. The minimum absolute atomic E-state index is 0.258. The summed E-state index contributed by atoms with van der Waals surface area (Å²) in [5.41, 5.74) is 13.8. The monoisotopic (exact) mass is 401 g/mol. The number of pyridine rings is 1. The quantitative estimate of drug-likeness (QED) is 0.701. The van der Waals surface area contributed by atoms with E-state index < -0.39 is 0 Å². The number of benzene rings is 2. The smallest absolute Gasteiger partial charge is 0.161 e. The number of anilines is 1. The number of hydrogen-bond acceptors (Lipinski definition) is 5. The zero-order valence-corrected chi connectivity index (χ0v) is 17.2. The van der Waals surface area contributed by atoms with Gasteiger partial charge in [-0.25, -0.2) is 0 Å². The highest BCUT2D eigenvalue weighted by Gasteiger charge is 2.27. The molecule has 1 aromatic heterocycles. The van der Waals surface area contributed by atoms with Crippen LogP contribution in [0.2, 0.25) is 0 Å². The minimum atomic E-state index is 0.258. The topological polar surface area (TPSA) is 60.6 Å². The fourth-order valence-electron chi connectivity index (χ4n) is 5.15. The van der Waals surface area contributed by atoms with E-state index >= 15 is 0 Å². The second-order valence-electron chi connectivity index (χ2n) is 8.68. The van der Waals surface area contributed by atoms with Crippen molar-refractivity contribution in [2.45, 2.75) is 38.1 Å². The number of aryl methyl sites for hydroxylation is 1. The van der Waals surface area contributed by atoms with Crippen molar-refractivity contribution in [1.82, 2.24) is 4.98 Å². The maximum atomic E-state index is 6.29. The number of fused-ring (bicyclic) bond motifs is 3. The molecule has 1 atom stereocenters. The Bertz CT molecular complexity index is 1130. The average Bonchev–Trinajstić information content (AvgIpc) is 3.22. The molecule has 3 aromatic rings. The van der Waals surface area contributed by atoms with E-state index in [0.29, 0.717) is 13.2 Å². The Balaban J connectivity index is 1.51. The maximum Gasteiger partial charge on any atom is 0.161 e. The van der Waals surface area contributed by atoms with Gasteiger partial charge in [0.05, 0.1) is 11.2 Å². The van der Waals surface area contributed by atoms with Crippen LogP contribution in [-0.4, -0.2) is 37.3 Å². The number of nitrogens with zero attached hydrogens (tertiary/aromatic N) is 2. The summed E-state index contributed by atoms with van der Waals surface area (Å²) in [6.45, 7) is 3.17. The van der Waals surface area contributed by atoms with Gasteiger partial charge in [-0.1, -0.05) is 12.1 Å². The standard InChI is InChI=1S/C25H27N3O2/c26-18-9-10-28(15-18)25-19-3-1-2-4-21(19)27-22-7-5-16(13-20(22)25)17-6-8-23-24(14-17)30-12-11-29-23/h5-8,13-14,18H,1-4,9-12,15,26H2. The van der Waals surface area contributed by atoms with Crippen molar-refractivity contribution in [2.75, 3.05) is 31.2 Å². The van der Waals surface area contributed by atoms with Gasteiger partial charge in [-0.2, -0.15) is 0 Å². The summed E-state index contributed by atoms with van der Waals surface area (Å²) < 4.78 is 11.5. The van der Waals surface area contributed by atoms with E-state index in [0.717, 1.165) is 54.9 Å². The fourth-order valence-corrected chi connectivity index (χ4v) is 5.15. The summed E-state index contributed by atoms with van der Waals surface area (Å²) in [5, 5.41) is 1.25. The van der Waals surface area contributed by atoms with Crippen LogP contribution in [0.5, 0.6) is 11.5 Å². The molecule has 6 rings (SSSR count). The Hall–Kier alpha value is -2.79. The highest BCUT2D eigenvalue weighted by molar-refractivity contribution is 5.97. The van der Waals surface area contributed by atoms with Crippen molar-refractivity contribution >= 4 is 16.6 Å². The van der Waals surface area contributed by atoms with E-state index in [4.69, 9.17) is 20.2 Å². The second kappa shape index (κ2) is 7.17. The van der Waals surface area contributed by atoms with Gasteiger partial charge in [0.15, 0.2) is 11.5 Å². The number of rotatable bonds is 2. The van der Waals surface area contributed by atoms with Crippen molar-refractivity contribution in [2.24, 2.45) is 5.73 Å². The van der Waals surface area contributed by atoms with Crippen molar-refractivity contribution in [3.8, 4) is 22.6 Å². The van der Waals surface area contributed by atoms with Gasteiger partial charge in [-0.15, -0.1) is 0 Å². The molecule has 0 radical (unpaired) electrons. The highest BCUT2D eigenvalue weighted by Crippen LogP contribution is 2.40. The van der Waals surface area contributed by atoms with Gasteiger partial charge in [0.1, 0.15) is 13.2 Å². The van der Waals surface area contributed by atoms with Crippen molar-refractivity contribution < 1.29 is 9.47 Å². The minimum Gasteiger partial charge on any atom is -0.486 e. The third-order valence-electron chi connectivity index (χ3n) is 6.65. The SMILES string of the molecule is NC1CCN(c2c3c(nc4ccc(-c5ccc6c(c5)OCCO6)cc24)CCCC3)C1. The molecule has 30 heavy (non-hydrogen) atoms. The molecule has 1 fully saturated rings. The lowest BCUT2D eigenvalue weighted by molar-refractivity contribution is 0.171.